The van der Waals surface area contributed by atoms with Gasteiger partial charge in [-0.1, -0.05) is 55.5 Å². The minimum atomic E-state index is -1.15. The maximum Gasteiger partial charge on any atom is 0.641 e. The van der Waals surface area contributed by atoms with Gasteiger partial charge in [0.25, 0.3) is 0 Å². The predicted octanol–water partition coefficient (Wildman–Crippen LogP) is 2.22. The number of carbonyl (C=O) groups excluding carboxylic acids is 2. The highest BCUT2D eigenvalue weighted by Gasteiger charge is 2.39. The molecular weight excluding hydrogens is 345 g/mol. The first kappa shape index (κ1) is 17.4. The molecule has 27 heavy (non-hydrogen) atoms. The van der Waals surface area contributed by atoms with Crippen LogP contribution in [0.25, 0.3) is 22.3 Å². The van der Waals surface area contributed by atoms with Crippen molar-refractivity contribution < 1.29 is 23.3 Å². The van der Waals surface area contributed by atoms with E-state index in [0.29, 0.717) is 23.4 Å². The van der Waals surface area contributed by atoms with E-state index < -0.39 is 19.1 Å². The Bertz CT molecular complexity index is 964. The quantitative estimate of drug-likeness (QED) is 0.665. The third-order valence-corrected chi connectivity index (χ3v) is 4.54. The molecule has 0 bridgehead atoms. The van der Waals surface area contributed by atoms with Gasteiger partial charge in [0.05, 0.1) is 18.6 Å². The Hall–Kier alpha value is -3.06. The molecule has 2 heterocycles. The summed E-state index contributed by atoms with van der Waals surface area (Å²) in [6.45, 7) is 2.51. The average Bonchev–Trinajstić information content (AvgIpc) is 3.06. The number of para-hydroxylation sites is 1. The lowest BCUT2D eigenvalue weighted by Crippen LogP contribution is -2.49. The van der Waals surface area contributed by atoms with Crippen LogP contribution in [0.2, 0.25) is 0 Å². The van der Waals surface area contributed by atoms with Gasteiger partial charge in [0.2, 0.25) is 0 Å². The van der Waals surface area contributed by atoms with E-state index in [1.807, 2.05) is 61.5 Å². The molecule has 0 unspecified atom stereocenters. The molecule has 1 saturated heterocycles. The van der Waals surface area contributed by atoms with Crippen LogP contribution in [0.1, 0.15) is 6.92 Å². The molecule has 7 heteroatoms. The first-order valence-electron chi connectivity index (χ1n) is 8.84. The molecule has 2 aromatic carbocycles. The Kier molecular flexibility index (Phi) is 4.69. The lowest BCUT2D eigenvalue weighted by molar-refractivity contribution is -0.145. The first-order chi connectivity index (χ1) is 13.2. The summed E-state index contributed by atoms with van der Waals surface area (Å²) < 4.78 is 17.1. The number of likely N-dealkylation sites (N-methyl/N-ethyl adjacent to an activating group) is 1. The van der Waals surface area contributed by atoms with Crippen LogP contribution in [0.5, 0.6) is 0 Å². The molecule has 0 aliphatic carbocycles. The minimum absolute atomic E-state index is 0.0402. The largest absolute Gasteiger partial charge is 0.641 e. The van der Waals surface area contributed by atoms with Crippen molar-refractivity contribution in [1.82, 2.24) is 4.90 Å². The van der Waals surface area contributed by atoms with Crippen molar-refractivity contribution in [2.75, 3.05) is 19.6 Å². The fourth-order valence-corrected chi connectivity index (χ4v) is 3.20. The molecule has 3 aromatic rings. The predicted molar refractivity (Wildman–Crippen MR) is 101 cm³/mol. The monoisotopic (exact) mass is 363 g/mol. The number of fused-ring (bicyclic) bond motifs is 1. The molecule has 0 spiro atoms. The van der Waals surface area contributed by atoms with E-state index in [4.69, 9.17) is 13.7 Å². The number of rotatable bonds is 3. The summed E-state index contributed by atoms with van der Waals surface area (Å²) in [4.78, 5) is 26.3. The van der Waals surface area contributed by atoms with Crippen LogP contribution < -0.4 is 5.46 Å². The third kappa shape index (κ3) is 3.46. The van der Waals surface area contributed by atoms with Crippen LogP contribution >= 0.6 is 0 Å². The van der Waals surface area contributed by atoms with Gasteiger partial charge in [-0.15, -0.1) is 0 Å². The molecule has 0 saturated carbocycles. The number of benzene rings is 2. The Labute approximate surface area is 156 Å². The van der Waals surface area contributed by atoms with Gasteiger partial charge in [-0.05, 0) is 12.6 Å². The number of nitrogens with zero attached hydrogens (tertiary/aromatic N) is 1. The Morgan fingerprint density at radius 1 is 0.926 bits per heavy atom. The topological polar surface area (TPSA) is 69.0 Å². The van der Waals surface area contributed by atoms with Crippen LogP contribution in [0, 0.1) is 0 Å². The Morgan fingerprint density at radius 3 is 2.22 bits per heavy atom. The van der Waals surface area contributed by atoms with Crippen molar-refractivity contribution in [3.05, 3.63) is 54.6 Å². The minimum Gasteiger partial charge on any atom is -0.494 e. The lowest BCUT2D eigenvalue weighted by Gasteiger charge is -2.24. The van der Waals surface area contributed by atoms with Gasteiger partial charge in [0.15, 0.2) is 0 Å². The van der Waals surface area contributed by atoms with Gasteiger partial charge in [-0.25, -0.2) is 0 Å². The highest BCUT2D eigenvalue weighted by molar-refractivity contribution is 6.68. The van der Waals surface area contributed by atoms with Gasteiger partial charge >= 0.3 is 19.1 Å². The Balaban J connectivity index is 1.82. The fourth-order valence-electron chi connectivity index (χ4n) is 3.20. The van der Waals surface area contributed by atoms with Gasteiger partial charge < -0.3 is 13.7 Å². The standard InChI is InChI=1S/C20H18BNO5/c1-2-22-12-17(23)26-21(27-18(24)13-22)19-15-10-6-7-11-16(15)25-20(19)14-8-4-3-5-9-14/h3-11H,2,12-13H2,1H3. The second-order valence-electron chi connectivity index (χ2n) is 6.32. The van der Waals surface area contributed by atoms with E-state index in [-0.39, 0.29) is 13.1 Å². The van der Waals surface area contributed by atoms with E-state index in [0.717, 1.165) is 10.9 Å². The molecule has 6 nitrogen and oxygen atoms in total. The fraction of sp³-hybridized carbons (Fsp3) is 0.200. The molecule has 0 radical (unpaired) electrons. The van der Waals surface area contributed by atoms with Crippen LogP contribution in [-0.2, 0) is 18.9 Å². The van der Waals surface area contributed by atoms with Gasteiger partial charge in [-0.3, -0.25) is 14.5 Å². The summed E-state index contributed by atoms with van der Waals surface area (Å²) >= 11 is 0. The summed E-state index contributed by atoms with van der Waals surface area (Å²) in [6, 6.07) is 16.9. The molecule has 1 fully saturated rings. The zero-order valence-electron chi connectivity index (χ0n) is 14.9. The average molecular weight is 363 g/mol. The number of hydrogen-bond acceptors (Lipinski definition) is 6. The van der Waals surface area contributed by atoms with Crippen molar-refractivity contribution in [3.63, 3.8) is 0 Å². The maximum atomic E-state index is 12.3. The first-order valence-corrected chi connectivity index (χ1v) is 8.84. The zero-order chi connectivity index (χ0) is 18.8. The van der Waals surface area contributed by atoms with Gasteiger partial charge in [-0.2, -0.15) is 0 Å². The van der Waals surface area contributed by atoms with Crippen LogP contribution in [-0.4, -0.2) is 43.6 Å². The lowest BCUT2D eigenvalue weighted by atomic mass is 9.75. The summed E-state index contributed by atoms with van der Waals surface area (Å²) in [7, 11) is -1.15. The van der Waals surface area contributed by atoms with E-state index >= 15 is 0 Å². The maximum absolute atomic E-state index is 12.3. The molecule has 1 aliphatic heterocycles. The Morgan fingerprint density at radius 2 is 1.56 bits per heavy atom. The van der Waals surface area contributed by atoms with E-state index in [2.05, 4.69) is 0 Å². The molecule has 1 aromatic heterocycles. The normalized spacial score (nSPS) is 16.0. The SMILES string of the molecule is CCN1CC(=O)OB(c2c(-c3ccccc3)oc3ccccc23)OC(=O)C1. The zero-order valence-corrected chi connectivity index (χ0v) is 14.9. The highest BCUT2D eigenvalue weighted by Crippen LogP contribution is 2.27. The molecule has 4 rings (SSSR count). The van der Waals surface area contributed by atoms with Crippen molar-refractivity contribution in [2.45, 2.75) is 6.92 Å². The molecule has 1 aliphatic rings. The van der Waals surface area contributed by atoms with Gasteiger partial charge in [0.1, 0.15) is 11.3 Å². The second-order valence-corrected chi connectivity index (χ2v) is 6.32. The summed E-state index contributed by atoms with van der Waals surface area (Å²) in [5.41, 5.74) is 1.99. The van der Waals surface area contributed by atoms with Crippen molar-refractivity contribution >= 4 is 35.5 Å². The summed E-state index contributed by atoms with van der Waals surface area (Å²) in [5, 5.41) is 0.745. The highest BCUT2D eigenvalue weighted by atomic mass is 16.6. The van der Waals surface area contributed by atoms with Crippen LogP contribution in [0.4, 0.5) is 0 Å². The van der Waals surface area contributed by atoms with E-state index in [1.54, 1.807) is 4.90 Å². The molecule has 0 N–H and O–H groups in total. The van der Waals surface area contributed by atoms with Crippen molar-refractivity contribution in [3.8, 4) is 11.3 Å². The number of hydrogen-bond donors (Lipinski definition) is 0. The van der Waals surface area contributed by atoms with Crippen molar-refractivity contribution in [1.29, 1.82) is 0 Å². The second kappa shape index (κ2) is 7.29. The number of carbonyl (C=O) groups is 2. The van der Waals surface area contributed by atoms with E-state index in [9.17, 15) is 9.59 Å². The number of furan rings is 1. The smallest absolute Gasteiger partial charge is 0.494 e. The molecule has 0 amide bonds. The van der Waals surface area contributed by atoms with Crippen LogP contribution in [0.3, 0.4) is 0 Å². The van der Waals surface area contributed by atoms with Gasteiger partial charge in [0, 0.05) is 10.9 Å². The molecule has 136 valence electrons. The third-order valence-electron chi connectivity index (χ3n) is 4.54. The van der Waals surface area contributed by atoms with Crippen LogP contribution in [0.15, 0.2) is 59.0 Å². The van der Waals surface area contributed by atoms with E-state index in [1.165, 1.54) is 0 Å². The summed E-state index contributed by atoms with van der Waals surface area (Å²) in [5.74, 6) is -0.368. The van der Waals surface area contributed by atoms with Crippen molar-refractivity contribution in [2.24, 2.45) is 0 Å². The summed E-state index contributed by atoms with van der Waals surface area (Å²) in [6.07, 6.45) is 0. The molecular formula is C20H18BNO5. The molecule has 0 atom stereocenters.